The number of halogens is 4. The maximum absolute atomic E-state index is 12.2. The molecule has 0 spiro atoms. The Balaban J connectivity index is 1.46. The number of amides is 1. The lowest BCUT2D eigenvalue weighted by molar-refractivity contribution is 0.0921. The summed E-state index contributed by atoms with van der Waals surface area (Å²) in [5.74, 6) is 0.795. The number of nitrogens with zero attached hydrogens (tertiary/aromatic N) is 2. The molecule has 3 rings (SSSR count). The summed E-state index contributed by atoms with van der Waals surface area (Å²) < 4.78 is 12.7. The molecule has 0 aliphatic carbocycles. The minimum atomic E-state index is -0.321. The maximum Gasteiger partial charge on any atom is 0.286 e. The van der Waals surface area contributed by atoms with Crippen molar-refractivity contribution < 1.29 is 13.9 Å². The fraction of sp³-hybridized carbons (Fsp3) is 0.263. The Morgan fingerprint density at radius 2 is 1.97 bits per heavy atom. The largest absolute Gasteiger partial charge is 0.484 e. The number of hydrogen-bond donors (Lipinski definition) is 1. The highest BCUT2D eigenvalue weighted by Crippen LogP contribution is 2.32. The van der Waals surface area contributed by atoms with Gasteiger partial charge in [-0.3, -0.25) is 9.48 Å². The molecular weight excluding hydrogens is 460 g/mol. The summed E-state index contributed by atoms with van der Waals surface area (Å²) in [7, 11) is 0. The summed E-state index contributed by atoms with van der Waals surface area (Å²) in [4.78, 5) is 12.2. The summed E-state index contributed by atoms with van der Waals surface area (Å²) in [5, 5.41) is 8.59. The van der Waals surface area contributed by atoms with Crippen LogP contribution in [-0.4, -0.2) is 22.2 Å². The fourth-order valence-electron chi connectivity index (χ4n) is 2.52. The van der Waals surface area contributed by atoms with Crippen molar-refractivity contribution in [2.24, 2.45) is 0 Å². The van der Waals surface area contributed by atoms with E-state index < -0.39 is 0 Å². The smallest absolute Gasteiger partial charge is 0.286 e. The van der Waals surface area contributed by atoms with Gasteiger partial charge in [0.2, 0.25) is 0 Å². The fourth-order valence-corrected chi connectivity index (χ4v) is 3.26. The van der Waals surface area contributed by atoms with Crippen LogP contribution in [0, 0.1) is 6.92 Å². The molecule has 0 radical (unpaired) electrons. The molecule has 0 saturated carbocycles. The van der Waals surface area contributed by atoms with Gasteiger partial charge in [0.1, 0.15) is 33.3 Å². The van der Waals surface area contributed by atoms with Crippen LogP contribution in [0.3, 0.4) is 0 Å². The molecule has 0 aliphatic heterocycles. The molecular formula is C19H17Cl4N3O3. The van der Waals surface area contributed by atoms with E-state index >= 15 is 0 Å². The molecule has 29 heavy (non-hydrogen) atoms. The Morgan fingerprint density at radius 3 is 2.69 bits per heavy atom. The monoisotopic (exact) mass is 475 g/mol. The van der Waals surface area contributed by atoms with E-state index in [0.717, 1.165) is 0 Å². The molecule has 0 bridgehead atoms. The minimum absolute atomic E-state index is 0.116. The van der Waals surface area contributed by atoms with E-state index in [9.17, 15) is 4.79 Å². The number of rotatable bonds is 8. The van der Waals surface area contributed by atoms with Crippen LogP contribution in [0.4, 0.5) is 0 Å². The average Bonchev–Trinajstić information content (AvgIpc) is 3.27. The van der Waals surface area contributed by atoms with Gasteiger partial charge in [0.25, 0.3) is 5.91 Å². The normalized spacial score (nSPS) is 10.9. The molecule has 1 aromatic carbocycles. The third-order valence-corrected chi connectivity index (χ3v) is 5.73. The highest BCUT2D eigenvalue weighted by Gasteiger charge is 2.13. The highest BCUT2D eigenvalue weighted by molar-refractivity contribution is 6.43. The molecule has 2 heterocycles. The number of carbonyl (C=O) groups is 1. The van der Waals surface area contributed by atoms with Gasteiger partial charge in [-0.15, -0.1) is 0 Å². The van der Waals surface area contributed by atoms with Crippen LogP contribution in [-0.2, 0) is 13.2 Å². The summed E-state index contributed by atoms with van der Waals surface area (Å²) in [6, 6.07) is 8.35. The third-order valence-electron chi connectivity index (χ3n) is 4.00. The van der Waals surface area contributed by atoms with Crippen LogP contribution < -0.4 is 10.1 Å². The summed E-state index contributed by atoms with van der Waals surface area (Å²) in [6.07, 6.45) is 0.632. The van der Waals surface area contributed by atoms with Gasteiger partial charge < -0.3 is 14.5 Å². The Kier molecular flexibility index (Phi) is 7.35. The molecule has 154 valence electrons. The Bertz CT molecular complexity index is 1020. The van der Waals surface area contributed by atoms with Crippen LogP contribution in [0.5, 0.6) is 5.75 Å². The quantitative estimate of drug-likeness (QED) is 0.417. The number of furan rings is 1. The lowest BCUT2D eigenvalue weighted by Gasteiger charge is -2.07. The molecule has 0 atom stereocenters. The van der Waals surface area contributed by atoms with E-state index in [-0.39, 0.29) is 18.3 Å². The second-order valence-electron chi connectivity index (χ2n) is 6.13. The molecule has 0 saturated heterocycles. The SMILES string of the molecule is Cc1nn(CCCNC(=O)c2ccc(COc3cccc(Cl)c3Cl)o2)c(Cl)c1Cl. The molecule has 10 heteroatoms. The lowest BCUT2D eigenvalue weighted by Crippen LogP contribution is -2.25. The third kappa shape index (κ3) is 5.39. The molecule has 0 aliphatic rings. The number of nitrogens with one attached hydrogen (secondary N) is 1. The first-order valence-electron chi connectivity index (χ1n) is 8.69. The van der Waals surface area contributed by atoms with Crippen molar-refractivity contribution in [1.29, 1.82) is 0 Å². The summed E-state index contributed by atoms with van der Waals surface area (Å²) in [5.41, 5.74) is 0.671. The standard InChI is InChI=1S/C19H17Cl4N3O3/c1-11-16(21)18(23)26(25-11)9-3-8-24-19(27)15-7-6-12(29-15)10-28-14-5-2-4-13(20)17(14)22/h2,4-7H,3,8-10H2,1H3,(H,24,27). The van der Waals surface area contributed by atoms with Gasteiger partial charge in [0.05, 0.1) is 10.7 Å². The molecule has 6 nitrogen and oxygen atoms in total. The van der Waals surface area contributed by atoms with Crippen LogP contribution in [0.2, 0.25) is 20.2 Å². The van der Waals surface area contributed by atoms with Crippen molar-refractivity contribution in [3.63, 3.8) is 0 Å². The lowest BCUT2D eigenvalue weighted by atomic mass is 10.3. The van der Waals surface area contributed by atoms with Gasteiger partial charge in [0, 0.05) is 13.1 Å². The van der Waals surface area contributed by atoms with E-state index in [0.29, 0.717) is 56.9 Å². The predicted octanol–water partition coefficient (Wildman–Crippen LogP) is 5.80. The van der Waals surface area contributed by atoms with Crippen molar-refractivity contribution in [3.05, 3.63) is 67.8 Å². The predicted molar refractivity (Wildman–Crippen MR) is 113 cm³/mol. The van der Waals surface area contributed by atoms with Gasteiger partial charge in [-0.25, -0.2) is 0 Å². The number of aromatic nitrogens is 2. The van der Waals surface area contributed by atoms with E-state index in [1.165, 1.54) is 0 Å². The summed E-state index contributed by atoms with van der Waals surface area (Å²) >= 11 is 24.1. The molecule has 1 N–H and O–H groups in total. The van der Waals surface area contributed by atoms with Crippen molar-refractivity contribution >= 4 is 52.3 Å². The van der Waals surface area contributed by atoms with Crippen molar-refractivity contribution in [2.75, 3.05) is 6.54 Å². The number of ether oxygens (including phenoxy) is 1. The number of hydrogen-bond acceptors (Lipinski definition) is 4. The van der Waals surface area contributed by atoms with Gasteiger partial charge in [0.15, 0.2) is 5.76 Å². The van der Waals surface area contributed by atoms with Gasteiger partial charge in [-0.2, -0.15) is 5.10 Å². The van der Waals surface area contributed by atoms with Crippen LogP contribution in [0.15, 0.2) is 34.7 Å². The first-order valence-corrected chi connectivity index (χ1v) is 10.2. The molecule has 1 amide bonds. The zero-order valence-corrected chi connectivity index (χ0v) is 18.4. The average molecular weight is 477 g/mol. The van der Waals surface area contributed by atoms with Crippen LogP contribution in [0.1, 0.15) is 28.4 Å². The zero-order chi connectivity index (χ0) is 21.0. The second kappa shape index (κ2) is 9.76. The molecule has 3 aromatic rings. The van der Waals surface area contributed by atoms with Crippen molar-refractivity contribution in [2.45, 2.75) is 26.5 Å². The topological polar surface area (TPSA) is 69.3 Å². The van der Waals surface area contributed by atoms with Crippen molar-refractivity contribution in [1.82, 2.24) is 15.1 Å². The first-order chi connectivity index (χ1) is 13.9. The molecule has 0 fully saturated rings. The Labute approximate surface area is 187 Å². The van der Waals surface area contributed by atoms with E-state index in [1.54, 1.807) is 41.9 Å². The minimum Gasteiger partial charge on any atom is -0.484 e. The van der Waals surface area contributed by atoms with Crippen LogP contribution in [0.25, 0.3) is 0 Å². The van der Waals surface area contributed by atoms with E-state index in [1.807, 2.05) is 0 Å². The Morgan fingerprint density at radius 1 is 1.17 bits per heavy atom. The van der Waals surface area contributed by atoms with E-state index in [4.69, 9.17) is 55.6 Å². The zero-order valence-electron chi connectivity index (χ0n) is 15.3. The van der Waals surface area contributed by atoms with E-state index in [2.05, 4.69) is 10.4 Å². The maximum atomic E-state index is 12.2. The first kappa shape index (κ1) is 21.8. The van der Waals surface area contributed by atoms with Gasteiger partial charge in [-0.1, -0.05) is 52.5 Å². The van der Waals surface area contributed by atoms with Crippen LogP contribution >= 0.6 is 46.4 Å². The van der Waals surface area contributed by atoms with Gasteiger partial charge >= 0.3 is 0 Å². The number of aryl methyl sites for hydroxylation is 2. The second-order valence-corrected chi connectivity index (χ2v) is 7.65. The van der Waals surface area contributed by atoms with Gasteiger partial charge in [-0.05, 0) is 37.6 Å². The highest BCUT2D eigenvalue weighted by atomic mass is 35.5. The number of benzene rings is 1. The molecule has 2 aromatic heterocycles. The Hall–Kier alpha value is -1.86. The number of carbonyl (C=O) groups excluding carboxylic acids is 1. The van der Waals surface area contributed by atoms with Crippen molar-refractivity contribution in [3.8, 4) is 5.75 Å². The summed E-state index contributed by atoms with van der Waals surface area (Å²) in [6.45, 7) is 2.86. The molecule has 0 unspecified atom stereocenters.